The minimum atomic E-state index is 0.423. The Bertz CT molecular complexity index is 234. The lowest BCUT2D eigenvalue weighted by Gasteiger charge is -1.96. The van der Waals surface area contributed by atoms with Gasteiger partial charge in [0.05, 0.1) is 13.7 Å². The second-order valence-corrected chi connectivity index (χ2v) is 2.52. The van der Waals surface area contributed by atoms with E-state index in [0.717, 1.165) is 11.3 Å². The fraction of sp³-hybridized carbons (Fsp3) is 0.429. The summed E-state index contributed by atoms with van der Waals surface area (Å²) >= 11 is 5.72. The zero-order valence-corrected chi connectivity index (χ0v) is 7.23. The van der Waals surface area contributed by atoms with E-state index in [1.54, 1.807) is 7.11 Å². The highest BCUT2D eigenvalue weighted by molar-refractivity contribution is 6.29. The molecule has 62 valence electrons. The quantitative estimate of drug-likeness (QED) is 0.713. The molecule has 1 N–H and O–H groups in total. The van der Waals surface area contributed by atoms with Crippen LogP contribution in [0, 0.1) is 6.92 Å². The van der Waals surface area contributed by atoms with Crippen molar-refractivity contribution in [1.29, 1.82) is 0 Å². The van der Waals surface area contributed by atoms with Gasteiger partial charge in [-0.05, 0) is 24.6 Å². The third-order valence-electron chi connectivity index (χ3n) is 1.29. The monoisotopic (exact) mass is 175 g/mol. The van der Waals surface area contributed by atoms with Gasteiger partial charge in [-0.15, -0.1) is 0 Å². The summed E-state index contributed by atoms with van der Waals surface area (Å²) in [5, 5.41) is 0.423. The molecule has 0 aliphatic rings. The smallest absolute Gasteiger partial charge is 0.197 e. The first kappa shape index (κ1) is 8.59. The Morgan fingerprint density at radius 2 is 2.45 bits per heavy atom. The second-order valence-electron chi connectivity index (χ2n) is 2.18. The van der Waals surface area contributed by atoms with E-state index in [4.69, 9.17) is 16.0 Å². The molecule has 0 aliphatic carbocycles. The summed E-state index contributed by atoms with van der Waals surface area (Å²) < 4.78 is 5.08. The lowest BCUT2D eigenvalue weighted by atomic mass is 10.3. The third kappa shape index (κ3) is 2.22. The average Bonchev–Trinajstić information content (AvgIpc) is 2.26. The molecule has 0 saturated carbocycles. The van der Waals surface area contributed by atoms with Crippen molar-refractivity contribution < 1.29 is 9.25 Å². The van der Waals surface area contributed by atoms with Crippen molar-refractivity contribution in [1.82, 2.24) is 5.48 Å². The number of hydrogen-bond acceptors (Lipinski definition) is 3. The van der Waals surface area contributed by atoms with Gasteiger partial charge in [-0.2, -0.15) is 5.48 Å². The maximum Gasteiger partial charge on any atom is 0.197 e. The Kier molecular flexibility index (Phi) is 2.93. The minimum absolute atomic E-state index is 0.423. The molecule has 0 radical (unpaired) electrons. The molecule has 0 aromatic carbocycles. The lowest BCUT2D eigenvalue weighted by Crippen LogP contribution is -2.10. The van der Waals surface area contributed by atoms with Gasteiger partial charge in [-0.25, -0.2) is 0 Å². The van der Waals surface area contributed by atoms with E-state index >= 15 is 0 Å². The number of furan rings is 1. The summed E-state index contributed by atoms with van der Waals surface area (Å²) in [7, 11) is 1.56. The zero-order chi connectivity index (χ0) is 8.27. The number of hydroxylamine groups is 1. The molecule has 1 heterocycles. The van der Waals surface area contributed by atoms with E-state index in [1.807, 2.05) is 13.0 Å². The number of rotatable bonds is 3. The van der Waals surface area contributed by atoms with E-state index in [2.05, 4.69) is 10.3 Å². The molecule has 3 nitrogen and oxygen atoms in total. The highest BCUT2D eigenvalue weighted by Crippen LogP contribution is 2.19. The summed E-state index contributed by atoms with van der Waals surface area (Å²) in [6, 6.07) is 1.87. The van der Waals surface area contributed by atoms with Crippen LogP contribution >= 0.6 is 11.6 Å². The molecule has 1 aromatic heterocycles. The fourth-order valence-electron chi connectivity index (χ4n) is 0.809. The Morgan fingerprint density at radius 3 is 2.91 bits per heavy atom. The molecule has 0 bridgehead atoms. The Labute approximate surface area is 70.2 Å². The molecule has 0 fully saturated rings. The molecule has 0 unspecified atom stereocenters. The first-order valence-electron chi connectivity index (χ1n) is 3.24. The van der Waals surface area contributed by atoms with Crippen LogP contribution in [-0.2, 0) is 11.4 Å². The van der Waals surface area contributed by atoms with Crippen LogP contribution in [0.3, 0.4) is 0 Å². The van der Waals surface area contributed by atoms with Crippen molar-refractivity contribution in [2.24, 2.45) is 0 Å². The van der Waals surface area contributed by atoms with Gasteiger partial charge in [0.25, 0.3) is 0 Å². The van der Waals surface area contributed by atoms with Crippen LogP contribution in [0.5, 0.6) is 0 Å². The predicted molar refractivity (Wildman–Crippen MR) is 42.3 cm³/mol. The molecule has 0 aliphatic heterocycles. The van der Waals surface area contributed by atoms with Gasteiger partial charge < -0.3 is 9.25 Å². The first-order valence-corrected chi connectivity index (χ1v) is 3.62. The molecular formula is C7H10ClNO2. The molecule has 0 atom stereocenters. The van der Waals surface area contributed by atoms with Crippen LogP contribution in [-0.4, -0.2) is 7.11 Å². The topological polar surface area (TPSA) is 34.4 Å². The van der Waals surface area contributed by atoms with Crippen molar-refractivity contribution in [3.63, 3.8) is 0 Å². The van der Waals surface area contributed by atoms with Gasteiger partial charge >= 0.3 is 0 Å². The first-order chi connectivity index (χ1) is 5.24. The van der Waals surface area contributed by atoms with Gasteiger partial charge in [0.15, 0.2) is 5.22 Å². The fourth-order valence-corrected chi connectivity index (χ4v) is 1.05. The predicted octanol–water partition coefficient (Wildman–Crippen LogP) is 1.89. The van der Waals surface area contributed by atoms with Gasteiger partial charge in [0.2, 0.25) is 0 Å². The maximum absolute atomic E-state index is 5.72. The molecule has 1 aromatic rings. The summed E-state index contributed by atoms with van der Waals surface area (Å²) in [5.41, 5.74) is 3.58. The SMILES string of the molecule is CONCc1cc(C)oc1Cl. The normalized spacial score (nSPS) is 10.5. The van der Waals surface area contributed by atoms with Gasteiger partial charge in [-0.1, -0.05) is 0 Å². The van der Waals surface area contributed by atoms with E-state index in [9.17, 15) is 0 Å². The molecular weight excluding hydrogens is 166 g/mol. The Balaban J connectivity index is 2.62. The summed E-state index contributed by atoms with van der Waals surface area (Å²) in [4.78, 5) is 4.66. The molecule has 0 amide bonds. The number of nitrogens with one attached hydrogen (secondary N) is 1. The summed E-state index contributed by atoms with van der Waals surface area (Å²) in [6.45, 7) is 2.41. The van der Waals surface area contributed by atoms with Crippen molar-refractivity contribution in [3.8, 4) is 0 Å². The molecule has 0 saturated heterocycles. The molecule has 4 heteroatoms. The van der Waals surface area contributed by atoms with Gasteiger partial charge in [-0.3, -0.25) is 0 Å². The largest absolute Gasteiger partial charge is 0.450 e. The van der Waals surface area contributed by atoms with Crippen LogP contribution in [0.4, 0.5) is 0 Å². The van der Waals surface area contributed by atoms with Crippen LogP contribution in [0.1, 0.15) is 11.3 Å². The molecule has 1 rings (SSSR count). The average molecular weight is 176 g/mol. The zero-order valence-electron chi connectivity index (χ0n) is 6.48. The third-order valence-corrected chi connectivity index (χ3v) is 1.61. The number of aryl methyl sites for hydroxylation is 1. The van der Waals surface area contributed by atoms with E-state index in [1.165, 1.54) is 0 Å². The second kappa shape index (κ2) is 3.76. The maximum atomic E-state index is 5.72. The van der Waals surface area contributed by atoms with Crippen molar-refractivity contribution in [3.05, 3.63) is 22.6 Å². The Hall–Kier alpha value is -0.510. The van der Waals surface area contributed by atoms with Crippen LogP contribution < -0.4 is 5.48 Å². The van der Waals surface area contributed by atoms with Crippen molar-refractivity contribution in [2.45, 2.75) is 13.5 Å². The highest BCUT2D eigenvalue weighted by atomic mass is 35.5. The molecule has 11 heavy (non-hydrogen) atoms. The van der Waals surface area contributed by atoms with Gasteiger partial charge in [0.1, 0.15) is 5.76 Å². The van der Waals surface area contributed by atoms with E-state index in [0.29, 0.717) is 11.8 Å². The number of halogens is 1. The lowest BCUT2D eigenvalue weighted by molar-refractivity contribution is 0.0866. The van der Waals surface area contributed by atoms with Crippen LogP contribution in [0.25, 0.3) is 0 Å². The minimum Gasteiger partial charge on any atom is -0.450 e. The highest BCUT2D eigenvalue weighted by Gasteiger charge is 2.04. The molecule has 0 spiro atoms. The number of hydrogen-bond donors (Lipinski definition) is 1. The van der Waals surface area contributed by atoms with Crippen molar-refractivity contribution >= 4 is 11.6 Å². The standard InChI is InChI=1S/C7H10ClNO2/c1-5-3-6(4-9-10-2)7(8)11-5/h3,9H,4H2,1-2H3. The summed E-state index contributed by atoms with van der Waals surface area (Å²) in [5.74, 6) is 0.808. The van der Waals surface area contributed by atoms with Crippen LogP contribution in [0.15, 0.2) is 10.5 Å². The summed E-state index contributed by atoms with van der Waals surface area (Å²) in [6.07, 6.45) is 0. The van der Waals surface area contributed by atoms with E-state index in [-0.39, 0.29) is 0 Å². The van der Waals surface area contributed by atoms with Crippen molar-refractivity contribution in [2.75, 3.05) is 7.11 Å². The van der Waals surface area contributed by atoms with Crippen LogP contribution in [0.2, 0.25) is 5.22 Å². The Morgan fingerprint density at radius 1 is 1.73 bits per heavy atom. The van der Waals surface area contributed by atoms with Gasteiger partial charge in [0, 0.05) is 5.56 Å². The van der Waals surface area contributed by atoms with E-state index < -0.39 is 0 Å².